The molecule has 4 N–H and O–H groups in total. The summed E-state index contributed by atoms with van der Waals surface area (Å²) < 4.78 is 0.839. The zero-order valence-corrected chi connectivity index (χ0v) is 12.2. The fourth-order valence-electron chi connectivity index (χ4n) is 1.62. The van der Waals surface area contributed by atoms with Gasteiger partial charge in [0.2, 0.25) is 11.8 Å². The number of carbonyl (C=O) groups excluding carboxylic acids is 2. The number of halogens is 1. The molecule has 0 saturated carbocycles. The Morgan fingerprint density at radius 3 is 2.60 bits per heavy atom. The van der Waals surface area contributed by atoms with Gasteiger partial charge in [0.1, 0.15) is 6.04 Å². The Labute approximate surface area is 124 Å². The van der Waals surface area contributed by atoms with Gasteiger partial charge in [-0.15, -0.1) is 0 Å². The van der Waals surface area contributed by atoms with Crippen LogP contribution >= 0.6 is 15.9 Å². The van der Waals surface area contributed by atoms with Crippen molar-refractivity contribution >= 4 is 33.7 Å². The largest absolute Gasteiger partial charge is 0.480 e. The first-order valence-corrected chi connectivity index (χ1v) is 6.72. The summed E-state index contributed by atoms with van der Waals surface area (Å²) in [6.45, 7) is 0. The third-order valence-electron chi connectivity index (χ3n) is 2.57. The summed E-state index contributed by atoms with van der Waals surface area (Å²) >= 11 is 3.29. The highest BCUT2D eigenvalue weighted by Gasteiger charge is 2.20. The summed E-state index contributed by atoms with van der Waals surface area (Å²) in [5.74, 6) is -2.20. The predicted molar refractivity (Wildman–Crippen MR) is 75.8 cm³/mol. The van der Waals surface area contributed by atoms with E-state index in [0.717, 1.165) is 10.0 Å². The molecule has 0 aromatic heterocycles. The van der Waals surface area contributed by atoms with Crippen molar-refractivity contribution in [3.05, 3.63) is 34.3 Å². The van der Waals surface area contributed by atoms with Gasteiger partial charge in [-0.3, -0.25) is 9.59 Å². The second-order valence-electron chi connectivity index (χ2n) is 4.27. The van der Waals surface area contributed by atoms with Crippen molar-refractivity contribution in [1.82, 2.24) is 5.32 Å². The Kier molecular flexibility index (Phi) is 6.17. The first-order chi connectivity index (χ1) is 9.38. The highest BCUT2D eigenvalue weighted by Crippen LogP contribution is 2.12. The lowest BCUT2D eigenvalue weighted by molar-refractivity contribution is -0.142. The van der Waals surface area contributed by atoms with Gasteiger partial charge in [-0.05, 0) is 24.1 Å². The molecule has 0 radical (unpaired) electrons. The summed E-state index contributed by atoms with van der Waals surface area (Å²) in [5, 5.41) is 11.3. The van der Waals surface area contributed by atoms with Crippen LogP contribution in [-0.2, 0) is 20.8 Å². The van der Waals surface area contributed by atoms with Crippen LogP contribution in [0.1, 0.15) is 18.4 Å². The Bertz CT molecular complexity index is 519. The van der Waals surface area contributed by atoms with E-state index in [1.807, 2.05) is 6.07 Å². The van der Waals surface area contributed by atoms with E-state index < -0.39 is 23.8 Å². The minimum Gasteiger partial charge on any atom is -0.480 e. The Morgan fingerprint density at radius 2 is 2.05 bits per heavy atom. The lowest BCUT2D eigenvalue weighted by atomic mass is 10.1. The van der Waals surface area contributed by atoms with Gasteiger partial charge in [0, 0.05) is 10.9 Å². The number of benzene rings is 1. The van der Waals surface area contributed by atoms with Crippen LogP contribution in [0.5, 0.6) is 0 Å². The van der Waals surface area contributed by atoms with Crippen LogP contribution in [0, 0.1) is 0 Å². The van der Waals surface area contributed by atoms with Crippen molar-refractivity contribution in [2.45, 2.75) is 25.3 Å². The number of rotatable bonds is 7. The zero-order chi connectivity index (χ0) is 15.1. The van der Waals surface area contributed by atoms with Gasteiger partial charge in [0.25, 0.3) is 0 Å². The maximum absolute atomic E-state index is 11.8. The van der Waals surface area contributed by atoms with Crippen molar-refractivity contribution in [2.75, 3.05) is 0 Å². The molecule has 0 aliphatic carbocycles. The second kappa shape index (κ2) is 7.64. The Morgan fingerprint density at radius 1 is 1.35 bits per heavy atom. The third-order valence-corrected chi connectivity index (χ3v) is 3.06. The van der Waals surface area contributed by atoms with Crippen LogP contribution in [0.3, 0.4) is 0 Å². The first-order valence-electron chi connectivity index (χ1n) is 5.93. The standard InChI is InChI=1S/C13H15BrN2O4/c14-9-3-1-2-8(6-9)7-12(18)16-10(13(19)20)4-5-11(15)17/h1-3,6,10H,4-5,7H2,(H2,15,17)(H,16,18)(H,19,20). The lowest BCUT2D eigenvalue weighted by Gasteiger charge is -2.13. The molecule has 2 amide bonds. The van der Waals surface area contributed by atoms with Gasteiger partial charge in [0.05, 0.1) is 6.42 Å². The number of hydrogen-bond donors (Lipinski definition) is 3. The van der Waals surface area contributed by atoms with Gasteiger partial charge >= 0.3 is 5.97 Å². The molecule has 0 heterocycles. The molecule has 7 heteroatoms. The molecule has 0 bridgehead atoms. The summed E-state index contributed by atoms with van der Waals surface area (Å²) in [6.07, 6.45) is -0.0389. The molecule has 6 nitrogen and oxygen atoms in total. The van der Waals surface area contributed by atoms with Crippen molar-refractivity contribution < 1.29 is 19.5 Å². The van der Waals surface area contributed by atoms with Gasteiger partial charge in [0.15, 0.2) is 0 Å². The monoisotopic (exact) mass is 342 g/mol. The molecular weight excluding hydrogens is 328 g/mol. The minimum atomic E-state index is -1.19. The Hall–Kier alpha value is -1.89. The number of aliphatic carboxylic acids is 1. The number of nitrogens with one attached hydrogen (secondary N) is 1. The molecule has 0 aliphatic rings. The lowest BCUT2D eigenvalue weighted by Crippen LogP contribution is -2.42. The number of carboxylic acids is 1. The molecule has 1 unspecified atom stereocenters. The summed E-state index contributed by atoms with van der Waals surface area (Å²) in [4.78, 5) is 33.4. The highest BCUT2D eigenvalue weighted by atomic mass is 79.9. The normalized spacial score (nSPS) is 11.7. The number of carbonyl (C=O) groups is 3. The van der Waals surface area contributed by atoms with E-state index in [1.54, 1.807) is 18.2 Å². The maximum atomic E-state index is 11.8. The van der Waals surface area contributed by atoms with E-state index in [9.17, 15) is 14.4 Å². The van der Waals surface area contributed by atoms with E-state index in [4.69, 9.17) is 10.8 Å². The van der Waals surface area contributed by atoms with Crippen LogP contribution in [0.25, 0.3) is 0 Å². The maximum Gasteiger partial charge on any atom is 0.326 e. The molecule has 1 rings (SSSR count). The quantitative estimate of drug-likeness (QED) is 0.681. The van der Waals surface area contributed by atoms with E-state index in [2.05, 4.69) is 21.2 Å². The molecule has 0 aliphatic heterocycles. The van der Waals surface area contributed by atoms with Crippen LogP contribution in [-0.4, -0.2) is 28.9 Å². The minimum absolute atomic E-state index is 0.0190. The molecule has 20 heavy (non-hydrogen) atoms. The number of primary amides is 1. The molecule has 1 aromatic rings. The van der Waals surface area contributed by atoms with Crippen LogP contribution < -0.4 is 11.1 Å². The second-order valence-corrected chi connectivity index (χ2v) is 5.19. The van der Waals surface area contributed by atoms with Gasteiger partial charge in [-0.2, -0.15) is 0 Å². The van der Waals surface area contributed by atoms with Crippen molar-refractivity contribution in [2.24, 2.45) is 5.73 Å². The van der Waals surface area contributed by atoms with Crippen LogP contribution in [0.4, 0.5) is 0 Å². The topological polar surface area (TPSA) is 109 Å². The van der Waals surface area contributed by atoms with Crippen molar-refractivity contribution in [3.63, 3.8) is 0 Å². The average molecular weight is 343 g/mol. The highest BCUT2D eigenvalue weighted by molar-refractivity contribution is 9.10. The van der Waals surface area contributed by atoms with Gasteiger partial charge in [-0.1, -0.05) is 28.1 Å². The predicted octanol–water partition coefficient (Wildman–Crippen LogP) is 0.826. The number of hydrogen-bond acceptors (Lipinski definition) is 3. The van der Waals surface area contributed by atoms with E-state index in [1.165, 1.54) is 0 Å². The first kappa shape index (κ1) is 16.2. The Balaban J connectivity index is 2.57. The van der Waals surface area contributed by atoms with Crippen LogP contribution in [0.15, 0.2) is 28.7 Å². The third kappa shape index (κ3) is 5.83. The summed E-state index contributed by atoms with van der Waals surface area (Å²) in [6, 6.07) is 6.05. The molecule has 0 saturated heterocycles. The molecule has 108 valence electrons. The number of nitrogens with two attached hydrogens (primary N) is 1. The van der Waals surface area contributed by atoms with E-state index in [0.29, 0.717) is 0 Å². The molecule has 0 fully saturated rings. The molecule has 0 spiro atoms. The SMILES string of the molecule is NC(=O)CCC(NC(=O)Cc1cccc(Br)c1)C(=O)O. The smallest absolute Gasteiger partial charge is 0.326 e. The number of carboxylic acid groups (broad SMARTS) is 1. The molecular formula is C13H15BrN2O4. The van der Waals surface area contributed by atoms with E-state index in [-0.39, 0.29) is 19.3 Å². The van der Waals surface area contributed by atoms with Gasteiger partial charge in [-0.25, -0.2) is 4.79 Å². The van der Waals surface area contributed by atoms with Crippen LogP contribution in [0.2, 0.25) is 0 Å². The molecule has 1 aromatic carbocycles. The zero-order valence-electron chi connectivity index (χ0n) is 10.6. The average Bonchev–Trinajstić information content (AvgIpc) is 2.33. The molecule has 1 atom stereocenters. The van der Waals surface area contributed by atoms with Crippen molar-refractivity contribution in [3.8, 4) is 0 Å². The number of amides is 2. The van der Waals surface area contributed by atoms with Gasteiger partial charge < -0.3 is 16.2 Å². The summed E-state index contributed by atoms with van der Waals surface area (Å²) in [7, 11) is 0. The fourth-order valence-corrected chi connectivity index (χ4v) is 2.07. The fraction of sp³-hybridized carbons (Fsp3) is 0.308. The van der Waals surface area contributed by atoms with Crippen molar-refractivity contribution in [1.29, 1.82) is 0 Å². The summed E-state index contributed by atoms with van der Waals surface area (Å²) in [5.41, 5.74) is 5.72. The van der Waals surface area contributed by atoms with E-state index >= 15 is 0 Å².